The molecule has 0 aliphatic rings. The summed E-state index contributed by atoms with van der Waals surface area (Å²) in [5.41, 5.74) is 0. The van der Waals surface area contributed by atoms with Gasteiger partial charge in [-0.25, -0.2) is 4.98 Å². The molecule has 1 aromatic heterocycles. The predicted octanol–water partition coefficient (Wildman–Crippen LogP) is 0.829. The van der Waals surface area contributed by atoms with Crippen LogP contribution in [0.1, 0.15) is 43.1 Å². The number of carboxylic acids is 1. The zero-order valence-corrected chi connectivity index (χ0v) is 10.8. The Hall–Kier alpha value is -1.92. The Morgan fingerprint density at radius 2 is 2.11 bits per heavy atom. The van der Waals surface area contributed by atoms with Gasteiger partial charge >= 0.3 is 5.97 Å². The monoisotopic (exact) mass is 254 g/mol. The molecule has 0 bridgehead atoms. The molecule has 1 heterocycles. The number of carbonyl (C=O) groups excluding carboxylic acids is 1. The Kier molecular flexibility index (Phi) is 4.82. The summed E-state index contributed by atoms with van der Waals surface area (Å²) in [6.07, 6.45) is 0.464. The molecule has 18 heavy (non-hydrogen) atoms. The van der Waals surface area contributed by atoms with Crippen LogP contribution in [0.3, 0.4) is 0 Å². The summed E-state index contributed by atoms with van der Waals surface area (Å²) in [5.74, 6) is -0.441. The van der Waals surface area contributed by atoms with Crippen LogP contribution in [0.4, 0.5) is 0 Å². The number of carbonyl (C=O) groups is 2. The molecule has 0 aliphatic heterocycles. The van der Waals surface area contributed by atoms with Crippen molar-refractivity contribution in [2.45, 2.75) is 39.7 Å². The fourth-order valence-corrected chi connectivity index (χ4v) is 1.56. The highest BCUT2D eigenvalue weighted by atomic mass is 16.4. The number of carboxylic acid groups (broad SMARTS) is 1. The van der Waals surface area contributed by atoms with Crippen LogP contribution in [0.2, 0.25) is 0 Å². The summed E-state index contributed by atoms with van der Waals surface area (Å²) in [4.78, 5) is 28.1. The van der Waals surface area contributed by atoms with Gasteiger partial charge in [0.15, 0.2) is 0 Å². The third-order valence-electron chi connectivity index (χ3n) is 2.46. The first-order valence-electron chi connectivity index (χ1n) is 5.83. The highest BCUT2D eigenvalue weighted by molar-refractivity contribution is 5.90. The van der Waals surface area contributed by atoms with Crippen LogP contribution in [0.25, 0.3) is 0 Å². The number of aliphatic carboxylic acids is 1. The van der Waals surface area contributed by atoms with Gasteiger partial charge in [-0.2, -0.15) is 0 Å². The smallest absolute Gasteiger partial charge is 0.303 e. The number of nitrogens with one attached hydrogen (secondary N) is 1. The van der Waals surface area contributed by atoms with E-state index in [9.17, 15) is 9.59 Å². The number of aromatic nitrogens is 3. The van der Waals surface area contributed by atoms with Gasteiger partial charge < -0.3 is 10.0 Å². The molecule has 0 unspecified atom stereocenters. The summed E-state index contributed by atoms with van der Waals surface area (Å²) >= 11 is 0. The molecule has 0 spiro atoms. The second-order valence-electron chi connectivity index (χ2n) is 4.33. The topological polar surface area (TPSA) is 99.2 Å². The second-order valence-corrected chi connectivity index (χ2v) is 4.33. The number of nitrogens with zero attached hydrogens (tertiary/aromatic N) is 3. The van der Waals surface area contributed by atoms with Gasteiger partial charge in [0.25, 0.3) is 5.91 Å². The highest BCUT2D eigenvalue weighted by Crippen LogP contribution is 2.07. The Labute approximate surface area is 105 Å². The predicted molar refractivity (Wildman–Crippen MR) is 64.2 cm³/mol. The second kappa shape index (κ2) is 6.13. The molecule has 1 amide bonds. The zero-order chi connectivity index (χ0) is 13.7. The van der Waals surface area contributed by atoms with Crippen LogP contribution in [0.5, 0.6) is 0 Å². The lowest BCUT2D eigenvalue weighted by atomic mass is 10.2. The van der Waals surface area contributed by atoms with Crippen LogP contribution in [-0.4, -0.2) is 49.7 Å². The van der Waals surface area contributed by atoms with Crippen molar-refractivity contribution in [3.8, 4) is 0 Å². The highest BCUT2D eigenvalue weighted by Gasteiger charge is 2.22. The first-order chi connectivity index (χ1) is 8.41. The number of aryl methyl sites for hydroxylation is 1. The quantitative estimate of drug-likeness (QED) is 0.783. The minimum atomic E-state index is -0.861. The van der Waals surface area contributed by atoms with Gasteiger partial charge in [0.1, 0.15) is 5.82 Å². The van der Waals surface area contributed by atoms with Crippen molar-refractivity contribution >= 4 is 11.9 Å². The Morgan fingerprint density at radius 1 is 1.44 bits per heavy atom. The van der Waals surface area contributed by atoms with Gasteiger partial charge in [-0.05, 0) is 27.2 Å². The third kappa shape index (κ3) is 3.83. The molecule has 0 saturated heterocycles. The largest absolute Gasteiger partial charge is 0.481 e. The number of hydrogen-bond donors (Lipinski definition) is 2. The maximum absolute atomic E-state index is 12.1. The zero-order valence-electron chi connectivity index (χ0n) is 10.8. The van der Waals surface area contributed by atoms with Crippen molar-refractivity contribution in [3.05, 3.63) is 11.6 Å². The summed E-state index contributed by atoms with van der Waals surface area (Å²) in [6.45, 7) is 5.85. The standard InChI is InChI=1S/C11H18N4O3/c1-7(2)15(6-4-5-9(16)17)11(18)10-12-8(3)13-14-10/h7H,4-6H2,1-3H3,(H,16,17)(H,12,13,14). The van der Waals surface area contributed by atoms with Crippen molar-refractivity contribution in [2.75, 3.05) is 6.54 Å². The number of rotatable bonds is 6. The molecule has 0 saturated carbocycles. The molecule has 0 aromatic carbocycles. The van der Waals surface area contributed by atoms with Crippen molar-refractivity contribution in [3.63, 3.8) is 0 Å². The van der Waals surface area contributed by atoms with E-state index in [2.05, 4.69) is 15.2 Å². The van der Waals surface area contributed by atoms with E-state index in [-0.39, 0.29) is 24.2 Å². The molecular formula is C11H18N4O3. The summed E-state index contributed by atoms with van der Waals surface area (Å²) in [5, 5.41) is 15.0. The number of hydrogen-bond acceptors (Lipinski definition) is 4. The van der Waals surface area contributed by atoms with Crippen molar-refractivity contribution in [1.82, 2.24) is 20.1 Å². The van der Waals surface area contributed by atoms with Crippen LogP contribution in [0.15, 0.2) is 0 Å². The van der Waals surface area contributed by atoms with Gasteiger partial charge in [0, 0.05) is 19.0 Å². The molecule has 0 radical (unpaired) electrons. The summed E-state index contributed by atoms with van der Waals surface area (Å²) < 4.78 is 0. The lowest BCUT2D eigenvalue weighted by molar-refractivity contribution is -0.137. The molecule has 1 aromatic rings. The first kappa shape index (κ1) is 14.1. The molecule has 2 N–H and O–H groups in total. The number of amides is 1. The number of H-pyrrole nitrogens is 1. The lowest BCUT2D eigenvalue weighted by Gasteiger charge is -2.25. The van der Waals surface area contributed by atoms with Crippen LogP contribution in [0, 0.1) is 6.92 Å². The molecule has 0 aliphatic carbocycles. The maximum atomic E-state index is 12.1. The van der Waals surface area contributed by atoms with Gasteiger partial charge in [0.05, 0.1) is 0 Å². The molecule has 100 valence electrons. The SMILES string of the molecule is Cc1nc(C(=O)N(CCCC(=O)O)C(C)C)n[nH]1. The van der Waals surface area contributed by atoms with Gasteiger partial charge in [0.2, 0.25) is 5.82 Å². The summed E-state index contributed by atoms with van der Waals surface area (Å²) in [6, 6.07) is -0.0231. The van der Waals surface area contributed by atoms with Gasteiger partial charge in [-0.3, -0.25) is 14.7 Å². The molecule has 7 nitrogen and oxygen atoms in total. The van der Waals surface area contributed by atoms with E-state index in [1.54, 1.807) is 11.8 Å². The van der Waals surface area contributed by atoms with E-state index in [1.807, 2.05) is 13.8 Å². The van der Waals surface area contributed by atoms with Crippen molar-refractivity contribution in [1.29, 1.82) is 0 Å². The Bertz CT molecular complexity index is 428. The Morgan fingerprint density at radius 3 is 2.56 bits per heavy atom. The van der Waals surface area contributed by atoms with E-state index in [0.29, 0.717) is 18.8 Å². The van der Waals surface area contributed by atoms with E-state index >= 15 is 0 Å². The van der Waals surface area contributed by atoms with Gasteiger partial charge in [-0.1, -0.05) is 0 Å². The average molecular weight is 254 g/mol. The van der Waals surface area contributed by atoms with E-state index in [4.69, 9.17) is 5.11 Å². The normalized spacial score (nSPS) is 10.7. The molecule has 1 rings (SSSR count). The van der Waals surface area contributed by atoms with Crippen LogP contribution < -0.4 is 0 Å². The maximum Gasteiger partial charge on any atom is 0.303 e. The fraction of sp³-hybridized carbons (Fsp3) is 0.636. The molecule has 0 fully saturated rings. The van der Waals surface area contributed by atoms with E-state index in [1.165, 1.54) is 0 Å². The van der Waals surface area contributed by atoms with Crippen LogP contribution >= 0.6 is 0 Å². The third-order valence-corrected chi connectivity index (χ3v) is 2.46. The average Bonchev–Trinajstić information content (AvgIpc) is 2.69. The van der Waals surface area contributed by atoms with Crippen molar-refractivity contribution < 1.29 is 14.7 Å². The van der Waals surface area contributed by atoms with E-state index < -0.39 is 5.97 Å². The van der Waals surface area contributed by atoms with Gasteiger partial charge in [-0.15, -0.1) is 5.10 Å². The minimum Gasteiger partial charge on any atom is -0.481 e. The lowest BCUT2D eigenvalue weighted by Crippen LogP contribution is -2.38. The fourth-order valence-electron chi connectivity index (χ4n) is 1.56. The number of aromatic amines is 1. The van der Waals surface area contributed by atoms with Crippen molar-refractivity contribution in [2.24, 2.45) is 0 Å². The summed E-state index contributed by atoms with van der Waals surface area (Å²) in [7, 11) is 0. The van der Waals surface area contributed by atoms with Crippen LogP contribution in [-0.2, 0) is 4.79 Å². The first-order valence-corrected chi connectivity index (χ1v) is 5.83. The molecular weight excluding hydrogens is 236 g/mol. The Balaban J connectivity index is 2.67. The molecule has 0 atom stereocenters. The molecule has 7 heteroatoms. The van der Waals surface area contributed by atoms with E-state index in [0.717, 1.165) is 0 Å². The minimum absolute atomic E-state index is 0.0231.